The largest absolute Gasteiger partial charge is 0.326 e. The van der Waals surface area contributed by atoms with Crippen LogP contribution in [0, 0.1) is 6.92 Å². The van der Waals surface area contributed by atoms with Crippen LogP contribution in [-0.2, 0) is 0 Å². The summed E-state index contributed by atoms with van der Waals surface area (Å²) in [5.74, 6) is 1.13. The molecule has 0 aliphatic rings. The Labute approximate surface area is 122 Å². The molecule has 0 heterocycles. The van der Waals surface area contributed by atoms with Gasteiger partial charge in [0.15, 0.2) is 0 Å². The highest BCUT2D eigenvalue weighted by molar-refractivity contribution is 7.98. The second kappa shape index (κ2) is 7.93. The average Bonchev–Trinajstić information content (AvgIpc) is 2.41. The smallest absolute Gasteiger partial charge is 0.0499 e. The van der Waals surface area contributed by atoms with Gasteiger partial charge in [-0.3, -0.25) is 4.90 Å². The molecule has 1 rings (SSSR count). The van der Waals surface area contributed by atoms with E-state index >= 15 is 0 Å². The van der Waals surface area contributed by atoms with Crippen LogP contribution in [0.5, 0.6) is 0 Å². The van der Waals surface area contributed by atoms with Gasteiger partial charge in [0.1, 0.15) is 0 Å². The van der Waals surface area contributed by atoms with Crippen molar-refractivity contribution < 1.29 is 0 Å². The number of nitrogens with zero attached hydrogens (tertiary/aromatic N) is 1. The number of hydrogen-bond donors (Lipinski definition) is 1. The van der Waals surface area contributed by atoms with Crippen molar-refractivity contribution in [2.24, 2.45) is 5.73 Å². The molecular formula is C16H28N2S. The average molecular weight is 280 g/mol. The fraction of sp³-hybridized carbons (Fsp3) is 0.625. The Balaban J connectivity index is 2.97. The molecule has 108 valence electrons. The first-order valence-corrected chi connectivity index (χ1v) is 8.43. The lowest BCUT2D eigenvalue weighted by atomic mass is 9.95. The van der Waals surface area contributed by atoms with E-state index in [0.29, 0.717) is 12.1 Å². The van der Waals surface area contributed by atoms with E-state index in [4.69, 9.17) is 5.73 Å². The minimum atomic E-state index is 0.178. The van der Waals surface area contributed by atoms with Gasteiger partial charge in [0, 0.05) is 23.9 Å². The summed E-state index contributed by atoms with van der Waals surface area (Å²) < 4.78 is 0. The fourth-order valence-corrected chi connectivity index (χ4v) is 3.12. The Hall–Kier alpha value is -0.510. The summed E-state index contributed by atoms with van der Waals surface area (Å²) in [5, 5.41) is 0. The lowest BCUT2D eigenvalue weighted by Crippen LogP contribution is -2.43. The van der Waals surface area contributed by atoms with Crippen molar-refractivity contribution in [1.82, 2.24) is 4.90 Å². The maximum Gasteiger partial charge on any atom is 0.0499 e. The summed E-state index contributed by atoms with van der Waals surface area (Å²) in [6.45, 7) is 6.57. The molecule has 0 saturated carbocycles. The zero-order valence-corrected chi connectivity index (χ0v) is 13.7. The Morgan fingerprint density at radius 3 is 2.32 bits per heavy atom. The monoisotopic (exact) mass is 280 g/mol. The van der Waals surface area contributed by atoms with Gasteiger partial charge in [0.05, 0.1) is 0 Å². The third-order valence-electron chi connectivity index (χ3n) is 3.84. The summed E-state index contributed by atoms with van der Waals surface area (Å²) in [5.41, 5.74) is 9.00. The molecule has 1 aromatic carbocycles. The van der Waals surface area contributed by atoms with Crippen molar-refractivity contribution in [2.45, 2.75) is 45.3 Å². The molecule has 3 heteroatoms. The molecule has 0 amide bonds. The molecular weight excluding hydrogens is 252 g/mol. The third kappa shape index (κ3) is 4.51. The lowest BCUT2D eigenvalue weighted by Gasteiger charge is -2.36. The van der Waals surface area contributed by atoms with Crippen LogP contribution < -0.4 is 5.73 Å². The van der Waals surface area contributed by atoms with Gasteiger partial charge in [-0.25, -0.2) is 0 Å². The molecule has 19 heavy (non-hydrogen) atoms. The SMILES string of the molecule is CCC(N)C(c1ccc(C)cc1)N(C)C(C)CSC. The van der Waals surface area contributed by atoms with Gasteiger partial charge in [-0.1, -0.05) is 36.8 Å². The quantitative estimate of drug-likeness (QED) is 0.829. The van der Waals surface area contributed by atoms with Crippen LogP contribution in [0.2, 0.25) is 0 Å². The Bertz CT molecular complexity index is 364. The lowest BCUT2D eigenvalue weighted by molar-refractivity contribution is 0.171. The van der Waals surface area contributed by atoms with Gasteiger partial charge in [-0.2, -0.15) is 11.8 Å². The van der Waals surface area contributed by atoms with Crippen molar-refractivity contribution in [3.05, 3.63) is 35.4 Å². The summed E-state index contributed by atoms with van der Waals surface area (Å²) in [7, 11) is 2.20. The third-order valence-corrected chi connectivity index (χ3v) is 4.65. The number of thioether (sulfide) groups is 1. The number of likely N-dealkylation sites (N-methyl/N-ethyl adjacent to an activating group) is 1. The van der Waals surface area contributed by atoms with Crippen LogP contribution in [0.1, 0.15) is 37.4 Å². The molecule has 0 saturated heterocycles. The number of aryl methyl sites for hydroxylation is 1. The molecule has 0 fully saturated rings. The fourth-order valence-electron chi connectivity index (χ4n) is 2.40. The molecule has 1 aromatic rings. The number of hydrogen-bond acceptors (Lipinski definition) is 3. The van der Waals surface area contributed by atoms with Crippen LogP contribution in [0.25, 0.3) is 0 Å². The van der Waals surface area contributed by atoms with E-state index in [1.165, 1.54) is 11.1 Å². The van der Waals surface area contributed by atoms with Crippen molar-refractivity contribution in [3.8, 4) is 0 Å². The molecule has 0 spiro atoms. The summed E-state index contributed by atoms with van der Waals surface area (Å²) in [4.78, 5) is 2.43. The topological polar surface area (TPSA) is 29.3 Å². The first-order valence-electron chi connectivity index (χ1n) is 7.04. The van der Waals surface area contributed by atoms with E-state index < -0.39 is 0 Å². The zero-order valence-electron chi connectivity index (χ0n) is 12.9. The molecule has 2 nitrogen and oxygen atoms in total. The highest BCUT2D eigenvalue weighted by Gasteiger charge is 2.26. The predicted octanol–water partition coefficient (Wildman–Crippen LogP) is 3.46. The molecule has 2 N–H and O–H groups in total. The van der Waals surface area contributed by atoms with Crippen LogP contribution in [0.4, 0.5) is 0 Å². The second-order valence-corrected chi connectivity index (χ2v) is 6.31. The van der Waals surface area contributed by atoms with Gasteiger partial charge in [0.2, 0.25) is 0 Å². The van der Waals surface area contributed by atoms with Crippen LogP contribution in [0.3, 0.4) is 0 Å². The normalized spacial score (nSPS) is 16.4. The first-order chi connectivity index (χ1) is 9.01. The van der Waals surface area contributed by atoms with E-state index in [0.717, 1.165) is 12.2 Å². The maximum atomic E-state index is 6.37. The van der Waals surface area contributed by atoms with E-state index in [2.05, 4.69) is 63.2 Å². The number of nitrogens with two attached hydrogens (primary N) is 1. The van der Waals surface area contributed by atoms with Crippen molar-refractivity contribution in [1.29, 1.82) is 0 Å². The Morgan fingerprint density at radius 2 is 1.84 bits per heavy atom. The summed E-state index contributed by atoms with van der Waals surface area (Å²) in [6, 6.07) is 9.80. The van der Waals surface area contributed by atoms with Crippen molar-refractivity contribution in [2.75, 3.05) is 19.1 Å². The van der Waals surface area contributed by atoms with Crippen molar-refractivity contribution >= 4 is 11.8 Å². The first kappa shape index (κ1) is 16.5. The summed E-state index contributed by atoms with van der Waals surface area (Å²) in [6.07, 6.45) is 3.15. The minimum absolute atomic E-state index is 0.178. The van der Waals surface area contributed by atoms with Gasteiger partial charge >= 0.3 is 0 Å². The number of rotatable bonds is 7. The molecule has 0 aliphatic carbocycles. The number of benzene rings is 1. The summed E-state index contributed by atoms with van der Waals surface area (Å²) >= 11 is 1.89. The van der Waals surface area contributed by atoms with Crippen molar-refractivity contribution in [3.63, 3.8) is 0 Å². The highest BCUT2D eigenvalue weighted by atomic mass is 32.2. The van der Waals surface area contributed by atoms with E-state index in [1.54, 1.807) is 0 Å². The van der Waals surface area contributed by atoms with Gasteiger partial charge in [-0.05, 0) is 39.1 Å². The second-order valence-electron chi connectivity index (χ2n) is 5.40. The van der Waals surface area contributed by atoms with Gasteiger partial charge < -0.3 is 5.73 Å². The molecule has 3 unspecified atom stereocenters. The molecule has 0 aromatic heterocycles. The highest BCUT2D eigenvalue weighted by Crippen LogP contribution is 2.26. The van der Waals surface area contributed by atoms with E-state index in [1.807, 2.05) is 11.8 Å². The minimum Gasteiger partial charge on any atom is -0.326 e. The molecule has 0 radical (unpaired) electrons. The predicted molar refractivity (Wildman–Crippen MR) is 87.8 cm³/mol. The van der Waals surface area contributed by atoms with Crippen LogP contribution >= 0.6 is 11.8 Å². The standard InChI is InChI=1S/C16H28N2S/c1-6-15(17)16(18(4)13(3)11-19-5)14-9-7-12(2)8-10-14/h7-10,13,15-16H,6,11,17H2,1-5H3. The molecule has 0 bridgehead atoms. The molecule has 3 atom stereocenters. The molecule has 0 aliphatic heterocycles. The van der Waals surface area contributed by atoms with E-state index in [9.17, 15) is 0 Å². The van der Waals surface area contributed by atoms with Gasteiger partial charge in [0.25, 0.3) is 0 Å². The van der Waals surface area contributed by atoms with E-state index in [-0.39, 0.29) is 6.04 Å². The van der Waals surface area contributed by atoms with Crippen LogP contribution in [0.15, 0.2) is 24.3 Å². The Morgan fingerprint density at radius 1 is 1.26 bits per heavy atom. The zero-order chi connectivity index (χ0) is 14.4. The maximum absolute atomic E-state index is 6.37. The Kier molecular flexibility index (Phi) is 6.90. The van der Waals surface area contributed by atoms with Gasteiger partial charge in [-0.15, -0.1) is 0 Å². The van der Waals surface area contributed by atoms with Crippen LogP contribution in [-0.4, -0.2) is 36.0 Å².